The molecule has 0 radical (unpaired) electrons. The average molecular weight is 284 g/mol. The fraction of sp³-hybridized carbons (Fsp3) is 0.857. The van der Waals surface area contributed by atoms with Crippen LogP contribution in [0.5, 0.6) is 0 Å². The number of hydrogen-bond acceptors (Lipinski definition) is 4. The normalized spacial score (nSPS) is 30.0. The van der Waals surface area contributed by atoms with Crippen LogP contribution in [0.2, 0.25) is 0 Å². The largest absolute Gasteiger partial charge is 0.480 e. The first-order chi connectivity index (χ1) is 9.52. The summed E-state index contributed by atoms with van der Waals surface area (Å²) >= 11 is 0. The van der Waals surface area contributed by atoms with Crippen LogP contribution in [0, 0.1) is 5.92 Å². The molecule has 0 aromatic heterocycles. The number of carbonyl (C=O) groups excluding carboxylic acids is 1. The fourth-order valence-electron chi connectivity index (χ4n) is 3.23. The van der Waals surface area contributed by atoms with Crippen molar-refractivity contribution in [2.45, 2.75) is 38.8 Å². The van der Waals surface area contributed by atoms with E-state index < -0.39 is 12.0 Å². The molecule has 0 bridgehead atoms. The lowest BCUT2D eigenvalue weighted by Crippen LogP contribution is -2.58. The van der Waals surface area contributed by atoms with Gasteiger partial charge in [-0.05, 0) is 32.2 Å². The molecule has 6 nitrogen and oxygen atoms in total. The highest BCUT2D eigenvalue weighted by atomic mass is 16.5. The molecule has 1 amide bonds. The van der Waals surface area contributed by atoms with Gasteiger partial charge in [-0.15, -0.1) is 0 Å². The third-order valence-electron chi connectivity index (χ3n) is 4.40. The van der Waals surface area contributed by atoms with E-state index in [9.17, 15) is 14.7 Å². The van der Waals surface area contributed by atoms with Crippen molar-refractivity contribution < 1.29 is 19.4 Å². The van der Waals surface area contributed by atoms with Crippen molar-refractivity contribution in [2.24, 2.45) is 5.92 Å². The molecule has 2 aliphatic heterocycles. The van der Waals surface area contributed by atoms with Gasteiger partial charge in [0.25, 0.3) is 0 Å². The zero-order valence-corrected chi connectivity index (χ0v) is 12.2. The van der Waals surface area contributed by atoms with E-state index in [0.29, 0.717) is 32.8 Å². The molecule has 0 spiro atoms. The summed E-state index contributed by atoms with van der Waals surface area (Å²) in [6.45, 7) is 6.80. The summed E-state index contributed by atoms with van der Waals surface area (Å²) in [5, 5.41) is 9.43. The highest BCUT2D eigenvalue weighted by Gasteiger charge is 2.39. The van der Waals surface area contributed by atoms with Crippen LogP contribution in [-0.4, -0.2) is 71.7 Å². The van der Waals surface area contributed by atoms with Gasteiger partial charge in [-0.2, -0.15) is 0 Å². The van der Waals surface area contributed by atoms with Crippen LogP contribution in [0.1, 0.15) is 26.7 Å². The SMILES string of the molecule is CC1CCCN(C(C)C(=O)N2CCOCC2)C1C(=O)O. The molecule has 2 rings (SSSR count). The number of carboxylic acids is 1. The molecule has 0 saturated carbocycles. The standard InChI is InChI=1S/C14H24N2O4/c1-10-4-3-5-16(12(10)14(18)19)11(2)13(17)15-6-8-20-9-7-15/h10-12H,3-9H2,1-2H3,(H,18,19). The third-order valence-corrected chi connectivity index (χ3v) is 4.40. The number of likely N-dealkylation sites (tertiary alicyclic amines) is 1. The minimum absolute atomic E-state index is 0.0219. The Morgan fingerprint density at radius 1 is 1.25 bits per heavy atom. The van der Waals surface area contributed by atoms with Gasteiger partial charge in [-0.25, -0.2) is 0 Å². The lowest BCUT2D eigenvalue weighted by Gasteiger charge is -2.42. The predicted molar refractivity (Wildman–Crippen MR) is 73.4 cm³/mol. The molecular weight excluding hydrogens is 260 g/mol. The summed E-state index contributed by atoms with van der Waals surface area (Å²) in [6.07, 6.45) is 1.86. The first-order valence-electron chi connectivity index (χ1n) is 7.37. The van der Waals surface area contributed by atoms with Crippen molar-refractivity contribution in [1.29, 1.82) is 0 Å². The number of hydrogen-bond donors (Lipinski definition) is 1. The molecule has 2 aliphatic rings. The van der Waals surface area contributed by atoms with E-state index in [1.165, 1.54) is 0 Å². The molecule has 0 aliphatic carbocycles. The molecule has 2 heterocycles. The van der Waals surface area contributed by atoms with E-state index in [1.807, 2.05) is 18.7 Å². The van der Waals surface area contributed by atoms with Crippen molar-refractivity contribution in [1.82, 2.24) is 9.80 Å². The Hall–Kier alpha value is -1.14. The van der Waals surface area contributed by atoms with E-state index >= 15 is 0 Å². The Bertz CT molecular complexity index is 368. The molecule has 114 valence electrons. The van der Waals surface area contributed by atoms with Gasteiger partial charge >= 0.3 is 5.97 Å². The van der Waals surface area contributed by atoms with Gasteiger partial charge in [-0.1, -0.05) is 6.92 Å². The van der Waals surface area contributed by atoms with Crippen LogP contribution in [0.3, 0.4) is 0 Å². The summed E-state index contributed by atoms with van der Waals surface area (Å²) in [7, 11) is 0. The van der Waals surface area contributed by atoms with Crippen LogP contribution in [-0.2, 0) is 14.3 Å². The van der Waals surface area contributed by atoms with E-state index in [0.717, 1.165) is 12.8 Å². The van der Waals surface area contributed by atoms with Crippen LogP contribution in [0.4, 0.5) is 0 Å². The average Bonchev–Trinajstić information content (AvgIpc) is 2.46. The Kier molecular flexibility index (Phi) is 4.99. The van der Waals surface area contributed by atoms with Crippen molar-refractivity contribution in [3.63, 3.8) is 0 Å². The molecular formula is C14H24N2O4. The second-order valence-corrected chi connectivity index (χ2v) is 5.75. The van der Waals surface area contributed by atoms with Crippen LogP contribution < -0.4 is 0 Å². The number of carboxylic acid groups (broad SMARTS) is 1. The predicted octanol–water partition coefficient (Wildman–Crippen LogP) is 0.419. The number of carbonyl (C=O) groups is 2. The number of piperidine rings is 1. The Balaban J connectivity index is 2.06. The van der Waals surface area contributed by atoms with E-state index in [-0.39, 0.29) is 17.9 Å². The lowest BCUT2D eigenvalue weighted by molar-refractivity contribution is -0.153. The smallest absolute Gasteiger partial charge is 0.321 e. The van der Waals surface area contributed by atoms with Crippen LogP contribution >= 0.6 is 0 Å². The number of ether oxygens (including phenoxy) is 1. The van der Waals surface area contributed by atoms with Gasteiger partial charge in [0.05, 0.1) is 19.3 Å². The highest BCUT2D eigenvalue weighted by molar-refractivity contribution is 5.83. The Labute approximate surface area is 119 Å². The van der Waals surface area contributed by atoms with Crippen molar-refractivity contribution in [2.75, 3.05) is 32.8 Å². The maximum Gasteiger partial charge on any atom is 0.321 e. The van der Waals surface area contributed by atoms with E-state index in [4.69, 9.17) is 4.74 Å². The van der Waals surface area contributed by atoms with Gasteiger partial charge in [0.15, 0.2) is 0 Å². The molecule has 20 heavy (non-hydrogen) atoms. The second kappa shape index (κ2) is 6.54. The van der Waals surface area contributed by atoms with E-state index in [1.54, 1.807) is 4.90 Å². The van der Waals surface area contributed by atoms with Crippen molar-refractivity contribution >= 4 is 11.9 Å². The van der Waals surface area contributed by atoms with Gasteiger partial charge < -0.3 is 14.7 Å². The van der Waals surface area contributed by atoms with Crippen LogP contribution in [0.15, 0.2) is 0 Å². The molecule has 1 N–H and O–H groups in total. The minimum atomic E-state index is -0.821. The first kappa shape index (κ1) is 15.3. The number of morpholine rings is 1. The molecule has 3 unspecified atom stereocenters. The lowest BCUT2D eigenvalue weighted by atomic mass is 9.89. The topological polar surface area (TPSA) is 70.1 Å². The summed E-state index contributed by atoms with van der Waals surface area (Å²) < 4.78 is 5.25. The third kappa shape index (κ3) is 3.12. The molecule has 2 fully saturated rings. The van der Waals surface area contributed by atoms with Gasteiger partial charge in [0.1, 0.15) is 6.04 Å². The summed E-state index contributed by atoms with van der Waals surface area (Å²) in [4.78, 5) is 27.6. The van der Waals surface area contributed by atoms with Gasteiger partial charge in [0.2, 0.25) is 5.91 Å². The maximum atomic E-state index is 12.5. The number of aliphatic carboxylic acids is 1. The van der Waals surface area contributed by atoms with E-state index in [2.05, 4.69) is 0 Å². The zero-order chi connectivity index (χ0) is 14.7. The number of nitrogens with zero attached hydrogens (tertiary/aromatic N) is 2. The summed E-state index contributed by atoms with van der Waals surface area (Å²) in [6, 6.07) is -0.930. The zero-order valence-electron chi connectivity index (χ0n) is 12.2. The summed E-state index contributed by atoms with van der Waals surface area (Å²) in [5.41, 5.74) is 0. The fourth-order valence-corrected chi connectivity index (χ4v) is 3.23. The molecule has 0 aromatic rings. The minimum Gasteiger partial charge on any atom is -0.480 e. The Morgan fingerprint density at radius 2 is 1.90 bits per heavy atom. The van der Waals surface area contributed by atoms with Gasteiger partial charge in [-0.3, -0.25) is 14.5 Å². The first-order valence-corrected chi connectivity index (χ1v) is 7.37. The van der Waals surface area contributed by atoms with Gasteiger partial charge in [0, 0.05) is 13.1 Å². The van der Waals surface area contributed by atoms with Crippen molar-refractivity contribution in [3.05, 3.63) is 0 Å². The number of rotatable bonds is 3. The summed E-state index contributed by atoms with van der Waals surface area (Å²) in [5.74, 6) is -0.714. The molecule has 6 heteroatoms. The monoisotopic (exact) mass is 284 g/mol. The second-order valence-electron chi connectivity index (χ2n) is 5.75. The maximum absolute atomic E-state index is 12.5. The highest BCUT2D eigenvalue weighted by Crippen LogP contribution is 2.26. The van der Waals surface area contributed by atoms with Crippen molar-refractivity contribution in [3.8, 4) is 0 Å². The molecule has 0 aromatic carbocycles. The molecule has 2 saturated heterocycles. The number of amides is 1. The quantitative estimate of drug-likeness (QED) is 0.813. The Morgan fingerprint density at radius 3 is 2.50 bits per heavy atom. The molecule has 3 atom stereocenters. The van der Waals surface area contributed by atoms with Crippen LogP contribution in [0.25, 0.3) is 0 Å².